The van der Waals surface area contributed by atoms with Gasteiger partial charge in [0.15, 0.2) is 0 Å². The highest BCUT2D eigenvalue weighted by molar-refractivity contribution is 5.63. The highest BCUT2D eigenvalue weighted by Crippen LogP contribution is 2.25. The van der Waals surface area contributed by atoms with E-state index in [1.807, 2.05) is 24.3 Å². The van der Waals surface area contributed by atoms with Crippen molar-refractivity contribution in [1.82, 2.24) is 5.43 Å². The van der Waals surface area contributed by atoms with Crippen LogP contribution in [0.5, 0.6) is 0 Å². The smallest absolute Gasteiger partial charge is 0.0710 e. The molecule has 0 amide bonds. The number of nitrogens with one attached hydrogen (secondary N) is 1. The normalized spacial score (nSPS) is 12.0. The molecule has 0 radical (unpaired) electrons. The average Bonchev–Trinajstić information content (AvgIpc) is 2.58. The van der Waals surface area contributed by atoms with Crippen molar-refractivity contribution in [3.8, 4) is 11.1 Å². The second-order valence-corrected chi connectivity index (χ2v) is 5.00. The third-order valence-corrected chi connectivity index (χ3v) is 3.65. The summed E-state index contributed by atoms with van der Waals surface area (Å²) in [4.78, 5) is 0. The molecule has 0 aliphatic carbocycles. The fourth-order valence-corrected chi connectivity index (χ4v) is 2.53. The van der Waals surface area contributed by atoms with E-state index >= 15 is 0 Å². The Bertz CT molecular complexity index is 676. The Kier molecular flexibility index (Phi) is 4.10. The molecule has 0 aliphatic heterocycles. The van der Waals surface area contributed by atoms with Crippen LogP contribution in [0.1, 0.15) is 17.2 Å². The van der Waals surface area contributed by atoms with E-state index in [1.165, 1.54) is 11.1 Å². The van der Waals surface area contributed by atoms with Crippen LogP contribution < -0.4 is 11.3 Å². The van der Waals surface area contributed by atoms with Gasteiger partial charge >= 0.3 is 0 Å². The molecule has 3 aromatic carbocycles. The van der Waals surface area contributed by atoms with E-state index in [0.29, 0.717) is 0 Å². The first-order valence-corrected chi connectivity index (χ1v) is 7.05. The summed E-state index contributed by atoms with van der Waals surface area (Å²) < 4.78 is 0. The first-order valence-electron chi connectivity index (χ1n) is 7.05. The Morgan fingerprint density at radius 1 is 0.571 bits per heavy atom. The number of hydrogen-bond donors (Lipinski definition) is 2. The van der Waals surface area contributed by atoms with Crippen LogP contribution in [-0.2, 0) is 0 Å². The Balaban J connectivity index is 1.90. The highest BCUT2D eigenvalue weighted by Gasteiger charge is 2.11. The fourth-order valence-electron chi connectivity index (χ4n) is 2.53. The minimum atomic E-state index is 0.0102. The minimum absolute atomic E-state index is 0.0102. The van der Waals surface area contributed by atoms with Gasteiger partial charge in [-0.1, -0.05) is 84.9 Å². The Hall–Kier alpha value is -2.42. The maximum atomic E-state index is 5.74. The van der Waals surface area contributed by atoms with Crippen molar-refractivity contribution in [3.63, 3.8) is 0 Å². The summed E-state index contributed by atoms with van der Waals surface area (Å²) in [6, 6.07) is 29.1. The molecule has 1 atom stereocenters. The predicted molar refractivity (Wildman–Crippen MR) is 87.5 cm³/mol. The molecule has 3 aromatic rings. The van der Waals surface area contributed by atoms with E-state index in [2.05, 4.69) is 66.1 Å². The standard InChI is InChI=1S/C19H18N2/c20-21-19(17-9-5-2-6-10-17)18-13-11-16(12-14-18)15-7-3-1-4-8-15/h1-14,19,21H,20H2. The Labute approximate surface area is 125 Å². The van der Waals surface area contributed by atoms with Gasteiger partial charge in [-0.15, -0.1) is 0 Å². The second kappa shape index (κ2) is 6.35. The lowest BCUT2D eigenvalue weighted by Gasteiger charge is -2.17. The van der Waals surface area contributed by atoms with Gasteiger partial charge in [0.25, 0.3) is 0 Å². The molecule has 0 saturated heterocycles. The zero-order valence-electron chi connectivity index (χ0n) is 11.7. The van der Waals surface area contributed by atoms with E-state index in [9.17, 15) is 0 Å². The lowest BCUT2D eigenvalue weighted by Crippen LogP contribution is -2.28. The van der Waals surface area contributed by atoms with Crippen LogP contribution >= 0.6 is 0 Å². The molecule has 0 heterocycles. The molecule has 3 rings (SSSR count). The van der Waals surface area contributed by atoms with Gasteiger partial charge in [-0.05, 0) is 22.3 Å². The van der Waals surface area contributed by atoms with Crippen LogP contribution in [0, 0.1) is 0 Å². The molecular formula is C19H18N2. The van der Waals surface area contributed by atoms with Crippen molar-refractivity contribution in [2.45, 2.75) is 6.04 Å². The maximum Gasteiger partial charge on any atom is 0.0710 e. The lowest BCUT2D eigenvalue weighted by atomic mass is 9.97. The zero-order chi connectivity index (χ0) is 14.5. The summed E-state index contributed by atoms with van der Waals surface area (Å²) in [5, 5.41) is 0. The van der Waals surface area contributed by atoms with Gasteiger partial charge in [0.2, 0.25) is 0 Å². The van der Waals surface area contributed by atoms with Crippen LogP contribution in [0.3, 0.4) is 0 Å². The third-order valence-electron chi connectivity index (χ3n) is 3.65. The molecule has 2 heteroatoms. The van der Waals surface area contributed by atoms with E-state index in [1.54, 1.807) is 0 Å². The summed E-state index contributed by atoms with van der Waals surface area (Å²) in [6.45, 7) is 0. The number of hydrogen-bond acceptors (Lipinski definition) is 2. The van der Waals surface area contributed by atoms with Crippen LogP contribution in [0.15, 0.2) is 84.9 Å². The van der Waals surface area contributed by atoms with Crippen LogP contribution in [0.2, 0.25) is 0 Å². The number of hydrazine groups is 1. The van der Waals surface area contributed by atoms with Gasteiger partial charge in [-0.25, -0.2) is 5.43 Å². The van der Waals surface area contributed by atoms with Gasteiger partial charge in [-0.3, -0.25) is 5.84 Å². The van der Waals surface area contributed by atoms with Crippen molar-refractivity contribution in [2.24, 2.45) is 5.84 Å². The van der Waals surface area contributed by atoms with Gasteiger partial charge in [0.1, 0.15) is 0 Å². The highest BCUT2D eigenvalue weighted by atomic mass is 15.2. The van der Waals surface area contributed by atoms with Crippen molar-refractivity contribution in [3.05, 3.63) is 96.1 Å². The third kappa shape index (κ3) is 3.02. The lowest BCUT2D eigenvalue weighted by molar-refractivity contribution is 0.637. The van der Waals surface area contributed by atoms with Crippen LogP contribution in [0.4, 0.5) is 0 Å². The molecule has 104 valence electrons. The zero-order valence-corrected chi connectivity index (χ0v) is 11.7. The monoisotopic (exact) mass is 274 g/mol. The molecule has 0 fully saturated rings. The molecule has 1 unspecified atom stereocenters. The van der Waals surface area contributed by atoms with E-state index in [0.717, 1.165) is 11.1 Å². The SMILES string of the molecule is NNC(c1ccccc1)c1ccc(-c2ccccc2)cc1. The number of nitrogens with two attached hydrogens (primary N) is 1. The molecule has 0 spiro atoms. The second-order valence-electron chi connectivity index (χ2n) is 5.00. The molecule has 0 bridgehead atoms. The van der Waals surface area contributed by atoms with Crippen molar-refractivity contribution < 1.29 is 0 Å². The molecule has 0 aromatic heterocycles. The van der Waals surface area contributed by atoms with Gasteiger partial charge in [-0.2, -0.15) is 0 Å². The topological polar surface area (TPSA) is 38.0 Å². The molecule has 21 heavy (non-hydrogen) atoms. The van der Waals surface area contributed by atoms with Gasteiger partial charge < -0.3 is 0 Å². The van der Waals surface area contributed by atoms with Crippen LogP contribution in [0.25, 0.3) is 11.1 Å². The van der Waals surface area contributed by atoms with E-state index < -0.39 is 0 Å². The van der Waals surface area contributed by atoms with Gasteiger partial charge in [0.05, 0.1) is 6.04 Å². The van der Waals surface area contributed by atoms with E-state index in [4.69, 9.17) is 5.84 Å². The quantitative estimate of drug-likeness (QED) is 0.559. The van der Waals surface area contributed by atoms with E-state index in [-0.39, 0.29) is 6.04 Å². The summed E-state index contributed by atoms with van der Waals surface area (Å²) in [5.74, 6) is 5.74. The van der Waals surface area contributed by atoms with Crippen molar-refractivity contribution in [2.75, 3.05) is 0 Å². The average molecular weight is 274 g/mol. The number of rotatable bonds is 4. The van der Waals surface area contributed by atoms with Crippen LogP contribution in [-0.4, -0.2) is 0 Å². The van der Waals surface area contributed by atoms with Crippen molar-refractivity contribution >= 4 is 0 Å². The molecule has 3 N–H and O–H groups in total. The Morgan fingerprint density at radius 3 is 1.62 bits per heavy atom. The molecule has 0 saturated carbocycles. The number of benzene rings is 3. The van der Waals surface area contributed by atoms with Gasteiger partial charge in [0, 0.05) is 0 Å². The summed E-state index contributed by atoms with van der Waals surface area (Å²) in [7, 11) is 0. The molecular weight excluding hydrogens is 256 g/mol. The fraction of sp³-hybridized carbons (Fsp3) is 0.0526. The summed E-state index contributed by atoms with van der Waals surface area (Å²) >= 11 is 0. The predicted octanol–water partition coefficient (Wildman–Crippen LogP) is 3.91. The summed E-state index contributed by atoms with van der Waals surface area (Å²) in [6.07, 6.45) is 0. The first kappa shape index (κ1) is 13.6. The van der Waals surface area contributed by atoms with Crippen molar-refractivity contribution in [1.29, 1.82) is 0 Å². The largest absolute Gasteiger partial charge is 0.271 e. The molecule has 2 nitrogen and oxygen atoms in total. The summed E-state index contributed by atoms with van der Waals surface area (Å²) in [5.41, 5.74) is 7.64. The first-order chi connectivity index (χ1) is 10.4. The Morgan fingerprint density at radius 2 is 1.05 bits per heavy atom. The molecule has 0 aliphatic rings. The maximum absolute atomic E-state index is 5.74. The minimum Gasteiger partial charge on any atom is -0.271 e.